The molecule has 0 spiro atoms. The van der Waals surface area contributed by atoms with Gasteiger partial charge in [0.05, 0.1) is 0 Å². The van der Waals surface area contributed by atoms with Crippen molar-refractivity contribution in [1.29, 1.82) is 0 Å². The predicted molar refractivity (Wildman–Crippen MR) is 72.9 cm³/mol. The number of hydrogen-bond acceptors (Lipinski definition) is 3. The minimum atomic E-state index is 0.552. The first-order chi connectivity index (χ1) is 8.29. The Bertz CT molecular complexity index is 579. The summed E-state index contributed by atoms with van der Waals surface area (Å²) in [7, 11) is 0. The van der Waals surface area contributed by atoms with Crippen molar-refractivity contribution < 1.29 is 0 Å². The fourth-order valence-electron chi connectivity index (χ4n) is 1.92. The Labute approximate surface area is 109 Å². The van der Waals surface area contributed by atoms with E-state index in [0.29, 0.717) is 6.04 Å². The molecule has 5 heteroatoms. The lowest BCUT2D eigenvalue weighted by Crippen LogP contribution is -1.97. The highest BCUT2D eigenvalue weighted by Gasteiger charge is 2.27. The van der Waals surface area contributed by atoms with E-state index in [1.165, 1.54) is 17.7 Å². The third kappa shape index (κ3) is 2.05. The van der Waals surface area contributed by atoms with Crippen molar-refractivity contribution in [2.24, 2.45) is 0 Å². The standard InChI is InChI=1S/C12H13N3S2/c1-17-10-6-2-8(3-7-10)11-13-14-12(16)15(11)9-4-5-9/h2-3,6-7,9H,4-5H2,1H3,(H,14,16). The predicted octanol–water partition coefficient (Wildman–Crippen LogP) is 3.66. The summed E-state index contributed by atoms with van der Waals surface area (Å²) >= 11 is 7.02. The van der Waals surface area contributed by atoms with Crippen LogP contribution in [0.1, 0.15) is 18.9 Å². The van der Waals surface area contributed by atoms with Gasteiger partial charge in [-0.3, -0.25) is 9.67 Å². The number of nitrogens with one attached hydrogen (secondary N) is 1. The Kier molecular flexibility index (Phi) is 2.80. The lowest BCUT2D eigenvalue weighted by Gasteiger charge is -2.05. The van der Waals surface area contributed by atoms with Gasteiger partial charge < -0.3 is 0 Å². The molecule has 0 bridgehead atoms. The first-order valence-electron chi connectivity index (χ1n) is 5.61. The first kappa shape index (κ1) is 11.0. The molecular formula is C12H13N3S2. The lowest BCUT2D eigenvalue weighted by atomic mass is 10.2. The minimum absolute atomic E-state index is 0.552. The van der Waals surface area contributed by atoms with E-state index in [0.717, 1.165) is 16.2 Å². The molecule has 1 heterocycles. The van der Waals surface area contributed by atoms with Crippen LogP contribution in [-0.4, -0.2) is 21.0 Å². The molecule has 1 aliphatic rings. The highest BCUT2D eigenvalue weighted by molar-refractivity contribution is 7.98. The van der Waals surface area contributed by atoms with Crippen LogP contribution in [0.15, 0.2) is 29.2 Å². The quantitative estimate of drug-likeness (QED) is 0.677. The highest BCUT2D eigenvalue weighted by atomic mass is 32.2. The third-order valence-corrected chi connectivity index (χ3v) is 4.00. The maximum atomic E-state index is 5.28. The summed E-state index contributed by atoms with van der Waals surface area (Å²) in [6, 6.07) is 9.01. The summed E-state index contributed by atoms with van der Waals surface area (Å²) in [6.07, 6.45) is 4.50. The number of rotatable bonds is 3. The van der Waals surface area contributed by atoms with E-state index < -0.39 is 0 Å². The minimum Gasteiger partial charge on any atom is -0.297 e. The van der Waals surface area contributed by atoms with Crippen molar-refractivity contribution in [2.45, 2.75) is 23.8 Å². The van der Waals surface area contributed by atoms with Gasteiger partial charge in [-0.2, -0.15) is 5.10 Å². The molecule has 0 aliphatic heterocycles. The molecule has 0 unspecified atom stereocenters. The number of nitrogens with zero attached hydrogens (tertiary/aromatic N) is 2. The van der Waals surface area contributed by atoms with Gasteiger partial charge in [-0.15, -0.1) is 11.8 Å². The Morgan fingerprint density at radius 3 is 2.65 bits per heavy atom. The molecule has 0 radical (unpaired) electrons. The number of hydrogen-bond donors (Lipinski definition) is 1. The normalized spacial score (nSPS) is 15.1. The number of benzene rings is 1. The van der Waals surface area contributed by atoms with Crippen molar-refractivity contribution >= 4 is 24.0 Å². The molecule has 0 saturated heterocycles. The number of H-pyrrole nitrogens is 1. The van der Waals surface area contributed by atoms with Crippen LogP contribution in [0.25, 0.3) is 11.4 Å². The zero-order valence-corrected chi connectivity index (χ0v) is 11.1. The van der Waals surface area contributed by atoms with E-state index in [-0.39, 0.29) is 0 Å². The smallest absolute Gasteiger partial charge is 0.195 e. The first-order valence-corrected chi connectivity index (χ1v) is 7.24. The second kappa shape index (κ2) is 4.31. The van der Waals surface area contributed by atoms with E-state index in [9.17, 15) is 0 Å². The van der Waals surface area contributed by atoms with Crippen LogP contribution in [0.4, 0.5) is 0 Å². The van der Waals surface area contributed by atoms with Gasteiger partial charge in [0.15, 0.2) is 10.6 Å². The van der Waals surface area contributed by atoms with Gasteiger partial charge in [0, 0.05) is 16.5 Å². The molecule has 1 saturated carbocycles. The zero-order valence-electron chi connectivity index (χ0n) is 9.51. The second-order valence-corrected chi connectivity index (χ2v) is 5.45. The summed E-state index contributed by atoms with van der Waals surface area (Å²) in [5.74, 6) is 0.963. The van der Waals surface area contributed by atoms with Crippen LogP contribution in [0, 0.1) is 4.77 Å². The molecule has 3 rings (SSSR count). The highest BCUT2D eigenvalue weighted by Crippen LogP contribution is 2.38. The maximum absolute atomic E-state index is 5.28. The maximum Gasteiger partial charge on any atom is 0.195 e. The van der Waals surface area contributed by atoms with Gasteiger partial charge >= 0.3 is 0 Å². The summed E-state index contributed by atoms with van der Waals surface area (Å²) in [4.78, 5) is 1.26. The second-order valence-electron chi connectivity index (χ2n) is 4.18. The van der Waals surface area contributed by atoms with Crippen LogP contribution in [-0.2, 0) is 0 Å². The van der Waals surface area contributed by atoms with Gasteiger partial charge in [0.1, 0.15) is 0 Å². The van der Waals surface area contributed by atoms with E-state index in [1.807, 2.05) is 0 Å². The lowest BCUT2D eigenvalue weighted by molar-refractivity contribution is 0.735. The summed E-state index contributed by atoms with van der Waals surface area (Å²) < 4.78 is 2.88. The van der Waals surface area contributed by atoms with Gasteiger partial charge in [0.25, 0.3) is 0 Å². The zero-order chi connectivity index (χ0) is 11.8. The van der Waals surface area contributed by atoms with Crippen molar-refractivity contribution in [1.82, 2.24) is 14.8 Å². The topological polar surface area (TPSA) is 33.6 Å². The van der Waals surface area contributed by atoms with E-state index in [4.69, 9.17) is 12.2 Å². The fourth-order valence-corrected chi connectivity index (χ4v) is 2.61. The Morgan fingerprint density at radius 2 is 2.06 bits per heavy atom. The largest absolute Gasteiger partial charge is 0.297 e. The van der Waals surface area contributed by atoms with E-state index in [2.05, 4.69) is 45.3 Å². The summed E-state index contributed by atoms with van der Waals surface area (Å²) in [6.45, 7) is 0. The number of aromatic amines is 1. The molecule has 1 fully saturated rings. The van der Waals surface area contributed by atoms with Crippen LogP contribution >= 0.6 is 24.0 Å². The van der Waals surface area contributed by atoms with Gasteiger partial charge in [-0.1, -0.05) is 12.1 Å². The van der Waals surface area contributed by atoms with Crippen LogP contribution in [0.3, 0.4) is 0 Å². The van der Waals surface area contributed by atoms with E-state index in [1.54, 1.807) is 11.8 Å². The van der Waals surface area contributed by atoms with Crippen LogP contribution in [0.5, 0.6) is 0 Å². The van der Waals surface area contributed by atoms with Crippen LogP contribution < -0.4 is 0 Å². The molecule has 2 aromatic rings. The van der Waals surface area contributed by atoms with Crippen molar-refractivity contribution in [3.63, 3.8) is 0 Å². The molecular weight excluding hydrogens is 250 g/mol. The molecule has 1 aromatic heterocycles. The molecule has 1 N–H and O–H groups in total. The molecule has 1 aliphatic carbocycles. The molecule has 1 aromatic carbocycles. The molecule has 17 heavy (non-hydrogen) atoms. The third-order valence-electron chi connectivity index (χ3n) is 2.96. The van der Waals surface area contributed by atoms with Gasteiger partial charge in [-0.25, -0.2) is 0 Å². The van der Waals surface area contributed by atoms with Crippen molar-refractivity contribution in [2.75, 3.05) is 6.26 Å². The van der Waals surface area contributed by atoms with Gasteiger partial charge in [-0.05, 0) is 43.4 Å². The fraction of sp³-hybridized carbons (Fsp3) is 0.333. The van der Waals surface area contributed by atoms with Crippen molar-refractivity contribution in [3.05, 3.63) is 29.0 Å². The van der Waals surface area contributed by atoms with Crippen LogP contribution in [0.2, 0.25) is 0 Å². The number of aromatic nitrogens is 3. The molecule has 0 amide bonds. The van der Waals surface area contributed by atoms with Gasteiger partial charge in [0.2, 0.25) is 0 Å². The summed E-state index contributed by atoms with van der Waals surface area (Å²) in [5, 5.41) is 7.24. The Morgan fingerprint density at radius 1 is 1.35 bits per heavy atom. The van der Waals surface area contributed by atoms with Crippen molar-refractivity contribution in [3.8, 4) is 11.4 Å². The monoisotopic (exact) mass is 263 g/mol. The Hall–Kier alpha value is -1.07. The molecule has 0 atom stereocenters. The average Bonchev–Trinajstić information content (AvgIpc) is 3.13. The molecule has 88 valence electrons. The summed E-state index contributed by atoms with van der Waals surface area (Å²) in [5.41, 5.74) is 1.13. The molecule has 3 nitrogen and oxygen atoms in total. The average molecular weight is 263 g/mol. The SMILES string of the molecule is CSc1ccc(-c2n[nH]c(=S)n2C2CC2)cc1. The van der Waals surface area contributed by atoms with E-state index >= 15 is 0 Å². The number of thioether (sulfide) groups is 1. The Balaban J connectivity index is 2.05.